The Morgan fingerprint density at radius 1 is 0.529 bits per heavy atom. The average molecular weight is 919 g/mol. The Balaban J connectivity index is 1.14. The van der Waals surface area contributed by atoms with Crippen molar-refractivity contribution in [2.45, 2.75) is 148 Å². The highest BCUT2D eigenvalue weighted by atomic mass is 16.3. The first kappa shape index (κ1) is 43.8. The predicted molar refractivity (Wildman–Crippen MR) is 299 cm³/mol. The highest BCUT2D eigenvalue weighted by Gasteiger charge is 2.41. The number of nitrogens with zero attached hydrogens (tertiary/aromatic N) is 1. The summed E-state index contributed by atoms with van der Waals surface area (Å²) in [6, 6.07) is 41.8. The number of para-hydroxylation sites is 2. The van der Waals surface area contributed by atoms with Crippen LogP contribution in [0.15, 0.2) is 118 Å². The average Bonchev–Trinajstić information content (AvgIpc) is 3.89. The Morgan fingerprint density at radius 3 is 1.89 bits per heavy atom. The first-order valence-electron chi connectivity index (χ1n) is 26.3. The summed E-state index contributed by atoms with van der Waals surface area (Å²) in [4.78, 5) is 2.58. The van der Waals surface area contributed by atoms with E-state index in [0.29, 0.717) is 0 Å². The first-order chi connectivity index (χ1) is 33.3. The zero-order valence-corrected chi connectivity index (χ0v) is 43.3. The van der Waals surface area contributed by atoms with Crippen LogP contribution in [0.2, 0.25) is 0 Å². The number of fused-ring (bicyclic) bond motifs is 12. The molecule has 0 amide bonds. The van der Waals surface area contributed by atoms with Gasteiger partial charge in [0.05, 0.1) is 5.69 Å². The fraction of sp³-hybridized carbons (Fsp3) is 0.354. The summed E-state index contributed by atoms with van der Waals surface area (Å²) in [5.41, 5.74) is 24.8. The molecule has 3 heterocycles. The van der Waals surface area contributed by atoms with Crippen molar-refractivity contribution >= 4 is 90.5 Å². The highest BCUT2D eigenvalue weighted by molar-refractivity contribution is 6.74. The molecule has 4 aliphatic rings. The summed E-state index contributed by atoms with van der Waals surface area (Å²) in [6.07, 6.45) is 8.15. The molecule has 13 rings (SSSR count). The molecule has 0 radical (unpaired) electrons. The fourth-order valence-electron chi connectivity index (χ4n) is 13.8. The third-order valence-corrected chi connectivity index (χ3v) is 18.2. The summed E-state index contributed by atoms with van der Waals surface area (Å²) < 4.78 is 14.2. The molecule has 7 aromatic carbocycles. The summed E-state index contributed by atoms with van der Waals surface area (Å²) in [5.74, 6) is 0. The molecule has 0 atom stereocenters. The van der Waals surface area contributed by atoms with Gasteiger partial charge in [0.2, 0.25) is 0 Å². The van der Waals surface area contributed by atoms with Gasteiger partial charge in [0.15, 0.2) is 12.9 Å². The van der Waals surface area contributed by atoms with E-state index in [1.54, 1.807) is 0 Å². The minimum Gasteiger partial charge on any atom is -0.456 e. The third kappa shape index (κ3) is 6.41. The summed E-state index contributed by atoms with van der Waals surface area (Å²) >= 11 is 0. The van der Waals surface area contributed by atoms with E-state index in [2.05, 4.69) is 196 Å². The molecule has 1 N–H and O–H groups in total. The number of benzene rings is 7. The highest BCUT2D eigenvalue weighted by Crippen LogP contribution is 2.54. The first-order valence-corrected chi connectivity index (χ1v) is 26.3. The van der Waals surface area contributed by atoms with Crippen LogP contribution in [0, 0.1) is 6.92 Å². The second-order valence-electron chi connectivity index (χ2n) is 25.2. The number of nitrogens with one attached hydrogen (secondary N) is 1. The van der Waals surface area contributed by atoms with Crippen molar-refractivity contribution in [3.8, 4) is 11.1 Å². The number of rotatable bonds is 4. The van der Waals surface area contributed by atoms with Crippen molar-refractivity contribution in [2.24, 2.45) is 0 Å². The van der Waals surface area contributed by atoms with Crippen LogP contribution in [0.4, 0.5) is 28.4 Å². The van der Waals surface area contributed by atoms with E-state index in [1.807, 2.05) is 0 Å². The van der Waals surface area contributed by atoms with Crippen molar-refractivity contribution in [1.82, 2.24) is 0 Å². The molecule has 0 bridgehead atoms. The SMILES string of the molecule is Cc1cc2c(cc1N1c3cc4oc5ccccc5c4c(-c4cc5c(cc4Nc4ccc6c(c4)C(C)(C)CCC6(C)C)C(C)(C)CCC5(C)C)c3Bc3ccc4c(oc5ccccc54)c31)C(C)(C)CCC2. The quantitative estimate of drug-likeness (QED) is 0.179. The Labute approximate surface area is 415 Å². The molecule has 1 aliphatic heterocycles. The van der Waals surface area contributed by atoms with Crippen LogP contribution in [0.5, 0.6) is 0 Å². The van der Waals surface area contributed by atoms with Crippen LogP contribution in [0.3, 0.4) is 0 Å². The third-order valence-electron chi connectivity index (χ3n) is 18.2. The van der Waals surface area contributed by atoms with Gasteiger partial charge in [-0.1, -0.05) is 135 Å². The molecule has 0 saturated carbocycles. The van der Waals surface area contributed by atoms with Crippen molar-refractivity contribution in [3.05, 3.63) is 148 Å². The zero-order chi connectivity index (χ0) is 48.4. The van der Waals surface area contributed by atoms with Crippen LogP contribution in [-0.2, 0) is 33.5 Å². The lowest BCUT2D eigenvalue weighted by atomic mass is 9.57. The van der Waals surface area contributed by atoms with Gasteiger partial charge < -0.3 is 19.1 Å². The van der Waals surface area contributed by atoms with Crippen LogP contribution < -0.4 is 21.1 Å². The van der Waals surface area contributed by atoms with Gasteiger partial charge in [-0.05, 0) is 171 Å². The van der Waals surface area contributed by atoms with Gasteiger partial charge in [0.25, 0.3) is 0 Å². The van der Waals surface area contributed by atoms with E-state index in [0.717, 1.165) is 87.8 Å². The molecular formula is C65H67BN2O2. The van der Waals surface area contributed by atoms with Crippen molar-refractivity contribution in [1.29, 1.82) is 0 Å². The lowest BCUT2D eigenvalue weighted by Gasteiger charge is -2.43. The van der Waals surface area contributed by atoms with Crippen molar-refractivity contribution in [2.75, 3.05) is 10.2 Å². The van der Waals surface area contributed by atoms with Gasteiger partial charge in [0, 0.05) is 55.9 Å². The monoisotopic (exact) mass is 919 g/mol. The maximum absolute atomic E-state index is 7.12. The molecule has 5 heteroatoms. The Morgan fingerprint density at radius 2 is 1.16 bits per heavy atom. The van der Waals surface area contributed by atoms with E-state index >= 15 is 0 Å². The van der Waals surface area contributed by atoms with Crippen molar-refractivity contribution < 1.29 is 8.83 Å². The topological polar surface area (TPSA) is 41.6 Å². The van der Waals surface area contributed by atoms with Gasteiger partial charge >= 0.3 is 0 Å². The predicted octanol–water partition coefficient (Wildman–Crippen LogP) is 16.7. The molecule has 0 spiro atoms. The van der Waals surface area contributed by atoms with Gasteiger partial charge in [-0.25, -0.2) is 0 Å². The second-order valence-corrected chi connectivity index (χ2v) is 25.2. The van der Waals surface area contributed by atoms with Crippen molar-refractivity contribution in [3.63, 3.8) is 0 Å². The zero-order valence-electron chi connectivity index (χ0n) is 43.3. The van der Waals surface area contributed by atoms with Crippen LogP contribution in [0.25, 0.3) is 55.0 Å². The number of hydrogen-bond acceptors (Lipinski definition) is 4. The van der Waals surface area contributed by atoms with Crippen LogP contribution >= 0.6 is 0 Å². The van der Waals surface area contributed by atoms with Gasteiger partial charge in [0.1, 0.15) is 16.7 Å². The smallest absolute Gasteiger partial charge is 0.198 e. The lowest BCUT2D eigenvalue weighted by Crippen LogP contribution is -2.41. The van der Waals surface area contributed by atoms with E-state index in [1.165, 1.54) is 97.8 Å². The standard InChI is InChI=1S/C65H67BN2O2/c1-37-31-38-17-16-26-61(2,3)45(38)35-51(37)68-52-36-55-56(42-19-13-15-21-54(42)69-55)57(58(52)66-49-25-23-41-40-18-12-14-20-53(40)70-60(41)59(49)68)43-33-47-48(65(10,11)30-29-64(47,8)9)34-50(43)67-39-22-24-44-46(32-39)63(6,7)28-27-62(44,4)5/h12-15,18-25,31-36,66-67H,16-17,26-30H2,1-11H3. The summed E-state index contributed by atoms with van der Waals surface area (Å²) in [5, 5.41) is 8.82. The van der Waals surface area contributed by atoms with Crippen LogP contribution in [-0.4, -0.2) is 7.28 Å². The minimum atomic E-state index is -0.00936. The molecule has 2 aromatic heterocycles. The summed E-state index contributed by atoms with van der Waals surface area (Å²) in [6.45, 7) is 26.7. The van der Waals surface area contributed by atoms with E-state index < -0.39 is 0 Å². The number of furan rings is 2. The molecular weight excluding hydrogens is 852 g/mol. The van der Waals surface area contributed by atoms with Gasteiger partial charge in [-0.3, -0.25) is 0 Å². The van der Waals surface area contributed by atoms with Crippen LogP contribution in [0.1, 0.15) is 147 Å². The molecule has 0 fully saturated rings. The number of aryl methyl sites for hydroxylation is 2. The Bertz CT molecular complexity index is 3700. The normalized spacial score (nSPS) is 19.0. The second kappa shape index (κ2) is 14.7. The van der Waals surface area contributed by atoms with Gasteiger partial charge in [-0.15, -0.1) is 0 Å². The molecule has 0 unspecified atom stereocenters. The molecule has 352 valence electrons. The van der Waals surface area contributed by atoms with E-state index in [-0.39, 0.29) is 27.1 Å². The molecule has 70 heavy (non-hydrogen) atoms. The maximum atomic E-state index is 7.12. The van der Waals surface area contributed by atoms with E-state index in [9.17, 15) is 0 Å². The maximum Gasteiger partial charge on any atom is 0.198 e. The minimum absolute atomic E-state index is 0.00936. The molecule has 4 nitrogen and oxygen atoms in total. The lowest BCUT2D eigenvalue weighted by molar-refractivity contribution is 0.332. The molecule has 0 saturated heterocycles. The number of anilines is 5. The molecule has 3 aliphatic carbocycles. The largest absolute Gasteiger partial charge is 0.456 e. The fourth-order valence-corrected chi connectivity index (χ4v) is 13.8. The van der Waals surface area contributed by atoms with Gasteiger partial charge in [-0.2, -0.15) is 0 Å². The van der Waals surface area contributed by atoms with E-state index in [4.69, 9.17) is 8.83 Å². The Kier molecular flexibility index (Phi) is 9.19. The molecule has 9 aromatic rings. The Hall–Kier alpha value is -6.20. The summed E-state index contributed by atoms with van der Waals surface area (Å²) in [7, 11) is 0.738. The number of hydrogen-bond donors (Lipinski definition) is 1.